The van der Waals surface area contributed by atoms with Crippen LogP contribution in [0.2, 0.25) is 0 Å². The first-order valence-corrected chi connectivity index (χ1v) is 12.1. The van der Waals surface area contributed by atoms with Crippen molar-refractivity contribution in [2.45, 2.75) is 13.5 Å². The van der Waals surface area contributed by atoms with Crippen LogP contribution in [0.3, 0.4) is 0 Å². The number of nitrogens with one attached hydrogen (secondary N) is 1. The number of carbonyl (C=O) groups is 2. The standard InChI is InChI=1S/C29H25N3O4S/c1-18-7-6-8-19(13-18)16-31-17-20(22-9-4-5-10-24(22)31)14-23-27(33)30-29(37)32(28(23)34)25-12-11-21(35-2)15-26(25)36-3/h4-15,17H,16H2,1-3H3,(H,30,33,37)/b23-14+. The van der Waals surface area contributed by atoms with E-state index in [1.807, 2.05) is 36.5 Å². The van der Waals surface area contributed by atoms with Gasteiger partial charge in [0.25, 0.3) is 11.8 Å². The van der Waals surface area contributed by atoms with E-state index in [1.165, 1.54) is 17.6 Å². The van der Waals surface area contributed by atoms with Gasteiger partial charge in [-0.15, -0.1) is 0 Å². The van der Waals surface area contributed by atoms with Crippen LogP contribution in [0.1, 0.15) is 16.7 Å². The number of benzene rings is 3. The normalized spacial score (nSPS) is 14.8. The Kier molecular flexibility index (Phi) is 6.50. The van der Waals surface area contributed by atoms with E-state index >= 15 is 0 Å². The molecule has 1 fully saturated rings. The van der Waals surface area contributed by atoms with Gasteiger partial charge in [-0.1, -0.05) is 48.0 Å². The second-order valence-electron chi connectivity index (χ2n) is 8.71. The molecule has 0 bridgehead atoms. The second kappa shape index (κ2) is 9.91. The number of fused-ring (bicyclic) bond motifs is 1. The van der Waals surface area contributed by atoms with Crippen molar-refractivity contribution in [3.05, 3.63) is 95.2 Å². The molecule has 186 valence electrons. The molecule has 0 aliphatic carbocycles. The van der Waals surface area contributed by atoms with Crippen molar-refractivity contribution in [1.29, 1.82) is 0 Å². The van der Waals surface area contributed by atoms with E-state index in [4.69, 9.17) is 21.7 Å². The van der Waals surface area contributed by atoms with Crippen molar-refractivity contribution in [2.75, 3.05) is 19.1 Å². The summed E-state index contributed by atoms with van der Waals surface area (Å²) in [6, 6.07) is 21.3. The average molecular weight is 512 g/mol. The van der Waals surface area contributed by atoms with Gasteiger partial charge in [-0.25, -0.2) is 4.90 Å². The molecule has 0 atom stereocenters. The monoisotopic (exact) mass is 511 g/mol. The summed E-state index contributed by atoms with van der Waals surface area (Å²) in [5.41, 5.74) is 4.50. The third kappa shape index (κ3) is 4.59. The Labute approximate surface area is 219 Å². The van der Waals surface area contributed by atoms with E-state index in [2.05, 4.69) is 35.0 Å². The summed E-state index contributed by atoms with van der Waals surface area (Å²) >= 11 is 5.37. The maximum atomic E-state index is 13.7. The van der Waals surface area contributed by atoms with Gasteiger partial charge in [-0.3, -0.25) is 14.9 Å². The van der Waals surface area contributed by atoms with Gasteiger partial charge >= 0.3 is 0 Å². The fourth-order valence-corrected chi connectivity index (χ4v) is 4.80. The molecule has 0 unspecified atom stereocenters. The zero-order chi connectivity index (χ0) is 26.1. The third-order valence-electron chi connectivity index (χ3n) is 6.28. The molecule has 1 aromatic heterocycles. The zero-order valence-corrected chi connectivity index (χ0v) is 21.5. The summed E-state index contributed by atoms with van der Waals surface area (Å²) in [4.78, 5) is 27.9. The average Bonchev–Trinajstić information content (AvgIpc) is 3.23. The van der Waals surface area contributed by atoms with Crippen molar-refractivity contribution < 1.29 is 19.1 Å². The van der Waals surface area contributed by atoms with Crippen LogP contribution < -0.4 is 19.7 Å². The molecule has 2 heterocycles. The lowest BCUT2D eigenvalue weighted by atomic mass is 10.1. The topological polar surface area (TPSA) is 72.8 Å². The van der Waals surface area contributed by atoms with Crippen LogP contribution >= 0.6 is 12.2 Å². The van der Waals surface area contributed by atoms with Crippen LogP contribution in [-0.2, 0) is 16.1 Å². The molecular weight excluding hydrogens is 486 g/mol. The van der Waals surface area contributed by atoms with Crippen molar-refractivity contribution >= 4 is 51.8 Å². The summed E-state index contributed by atoms with van der Waals surface area (Å²) in [5.74, 6) is -0.125. The number of thiocarbonyl (C=S) groups is 1. The quantitative estimate of drug-likeness (QED) is 0.228. The molecule has 4 aromatic rings. The Hall–Kier alpha value is -4.43. The minimum absolute atomic E-state index is 0.0162. The van der Waals surface area contributed by atoms with Crippen LogP contribution in [0.25, 0.3) is 17.0 Å². The smallest absolute Gasteiger partial charge is 0.270 e. The van der Waals surface area contributed by atoms with Crippen LogP contribution in [-0.4, -0.2) is 35.7 Å². The first-order valence-electron chi connectivity index (χ1n) is 11.7. The highest BCUT2D eigenvalue weighted by Gasteiger charge is 2.36. The molecule has 8 heteroatoms. The fourth-order valence-electron chi connectivity index (χ4n) is 4.53. The highest BCUT2D eigenvalue weighted by atomic mass is 32.1. The maximum Gasteiger partial charge on any atom is 0.270 e. The van der Waals surface area contributed by atoms with Crippen LogP contribution in [0.4, 0.5) is 5.69 Å². The van der Waals surface area contributed by atoms with Crippen molar-refractivity contribution in [1.82, 2.24) is 9.88 Å². The van der Waals surface area contributed by atoms with Gasteiger partial charge in [0, 0.05) is 35.3 Å². The van der Waals surface area contributed by atoms with Gasteiger partial charge in [0.1, 0.15) is 17.1 Å². The zero-order valence-electron chi connectivity index (χ0n) is 20.6. The van der Waals surface area contributed by atoms with E-state index in [1.54, 1.807) is 31.4 Å². The van der Waals surface area contributed by atoms with E-state index in [9.17, 15) is 9.59 Å². The number of nitrogens with zero attached hydrogens (tertiary/aromatic N) is 2. The number of anilines is 1. The van der Waals surface area contributed by atoms with Gasteiger partial charge in [-0.05, 0) is 49.0 Å². The number of aryl methyl sites for hydroxylation is 1. The first-order chi connectivity index (χ1) is 17.9. The second-order valence-corrected chi connectivity index (χ2v) is 9.10. The molecule has 1 aliphatic heterocycles. The number of carbonyl (C=O) groups excluding carboxylic acids is 2. The Balaban J connectivity index is 1.57. The molecule has 5 rings (SSSR count). The van der Waals surface area contributed by atoms with E-state index < -0.39 is 11.8 Å². The maximum absolute atomic E-state index is 13.7. The summed E-state index contributed by atoms with van der Waals surface area (Å²) in [6.07, 6.45) is 3.59. The summed E-state index contributed by atoms with van der Waals surface area (Å²) in [7, 11) is 3.04. The summed E-state index contributed by atoms with van der Waals surface area (Å²) < 4.78 is 12.9. The van der Waals surface area contributed by atoms with E-state index in [0.29, 0.717) is 23.7 Å². The number of rotatable bonds is 6. The number of para-hydroxylation sites is 1. The predicted molar refractivity (Wildman–Crippen MR) is 148 cm³/mol. The van der Waals surface area contributed by atoms with Gasteiger partial charge < -0.3 is 14.0 Å². The SMILES string of the molecule is COc1ccc(N2C(=O)/C(=C/c3cn(Cc4cccc(C)c4)c4ccccc34)C(=O)NC2=S)c(OC)c1. The number of aromatic nitrogens is 1. The number of hydrogen-bond donors (Lipinski definition) is 1. The molecule has 37 heavy (non-hydrogen) atoms. The molecule has 2 amide bonds. The highest BCUT2D eigenvalue weighted by molar-refractivity contribution is 7.80. The molecular formula is C29H25N3O4S. The van der Waals surface area contributed by atoms with Crippen molar-refractivity contribution in [3.63, 3.8) is 0 Å². The van der Waals surface area contributed by atoms with E-state index in [-0.39, 0.29) is 10.7 Å². The predicted octanol–water partition coefficient (Wildman–Crippen LogP) is 4.85. The first kappa shape index (κ1) is 24.3. The molecule has 0 radical (unpaired) electrons. The molecule has 1 aliphatic rings. The van der Waals surface area contributed by atoms with Crippen molar-refractivity contribution in [3.8, 4) is 11.5 Å². The van der Waals surface area contributed by atoms with E-state index in [0.717, 1.165) is 22.0 Å². The number of ether oxygens (including phenoxy) is 2. The minimum Gasteiger partial charge on any atom is -0.497 e. The Bertz CT molecular complexity index is 1590. The molecule has 0 spiro atoms. The molecule has 3 aromatic carbocycles. The van der Waals surface area contributed by atoms with Gasteiger partial charge in [-0.2, -0.15) is 0 Å². The van der Waals surface area contributed by atoms with Gasteiger partial charge in [0.15, 0.2) is 5.11 Å². The Morgan fingerprint density at radius 1 is 0.973 bits per heavy atom. The van der Waals surface area contributed by atoms with Crippen molar-refractivity contribution in [2.24, 2.45) is 0 Å². The summed E-state index contributed by atoms with van der Waals surface area (Å²) in [5, 5.41) is 3.56. The highest BCUT2D eigenvalue weighted by Crippen LogP contribution is 2.35. The van der Waals surface area contributed by atoms with Gasteiger partial charge in [0.05, 0.1) is 19.9 Å². The fraction of sp³-hybridized carbons (Fsp3) is 0.138. The Morgan fingerprint density at radius 2 is 1.78 bits per heavy atom. The lowest BCUT2D eigenvalue weighted by molar-refractivity contribution is -0.122. The number of amides is 2. The molecule has 7 nitrogen and oxygen atoms in total. The molecule has 0 saturated carbocycles. The third-order valence-corrected chi connectivity index (χ3v) is 6.57. The molecule has 1 N–H and O–H groups in total. The lowest BCUT2D eigenvalue weighted by Crippen LogP contribution is -2.54. The Morgan fingerprint density at radius 3 is 2.54 bits per heavy atom. The minimum atomic E-state index is -0.547. The van der Waals surface area contributed by atoms with Crippen LogP contribution in [0.15, 0.2) is 78.5 Å². The molecule has 1 saturated heterocycles. The van der Waals surface area contributed by atoms with Gasteiger partial charge in [0.2, 0.25) is 0 Å². The van der Waals surface area contributed by atoms with Crippen LogP contribution in [0.5, 0.6) is 11.5 Å². The summed E-state index contributed by atoms with van der Waals surface area (Å²) in [6.45, 7) is 2.72. The largest absolute Gasteiger partial charge is 0.497 e. The lowest BCUT2D eigenvalue weighted by Gasteiger charge is -2.30. The van der Waals surface area contributed by atoms with Crippen LogP contribution in [0, 0.1) is 6.92 Å². The number of methoxy groups -OCH3 is 2. The number of hydrogen-bond acceptors (Lipinski definition) is 5.